The molecule has 0 aromatic heterocycles. The highest BCUT2D eigenvalue weighted by molar-refractivity contribution is 5.80. The monoisotopic (exact) mass is 139 g/mol. The van der Waals surface area contributed by atoms with Crippen molar-refractivity contribution >= 4 is 5.91 Å². The summed E-state index contributed by atoms with van der Waals surface area (Å²) in [5, 5.41) is 0. The normalized spacial score (nSPS) is 9.90. The second-order valence-corrected chi connectivity index (χ2v) is 2.85. The molecule has 10 heavy (non-hydrogen) atoms. The third-order valence-electron chi connectivity index (χ3n) is 1.37. The zero-order valence-corrected chi connectivity index (χ0v) is 6.69. The molecule has 0 spiro atoms. The van der Waals surface area contributed by atoms with Crippen molar-refractivity contribution in [3.8, 4) is 11.8 Å². The lowest BCUT2D eigenvalue weighted by Crippen LogP contribution is -2.30. The number of primary amides is 1. The van der Waals surface area contributed by atoms with Crippen LogP contribution in [0.1, 0.15) is 27.2 Å². The van der Waals surface area contributed by atoms with E-state index in [2.05, 4.69) is 11.8 Å². The van der Waals surface area contributed by atoms with Crippen LogP contribution in [0.4, 0.5) is 0 Å². The van der Waals surface area contributed by atoms with Gasteiger partial charge >= 0.3 is 0 Å². The molecular weight excluding hydrogens is 126 g/mol. The number of carbonyl (C=O) groups is 1. The Bertz CT molecular complexity index is 183. The van der Waals surface area contributed by atoms with E-state index in [0.717, 1.165) is 0 Å². The van der Waals surface area contributed by atoms with Crippen LogP contribution in [0, 0.1) is 17.3 Å². The summed E-state index contributed by atoms with van der Waals surface area (Å²) in [6, 6.07) is 0. The van der Waals surface area contributed by atoms with Gasteiger partial charge in [0.2, 0.25) is 5.91 Å². The lowest BCUT2D eigenvalue weighted by atomic mass is 9.89. The van der Waals surface area contributed by atoms with Gasteiger partial charge in [-0.05, 0) is 6.92 Å². The predicted octanol–water partition coefficient (Wildman–Crippen LogP) is 0.911. The van der Waals surface area contributed by atoms with Crippen LogP contribution in [0.3, 0.4) is 0 Å². The van der Waals surface area contributed by atoms with Crippen molar-refractivity contribution < 1.29 is 4.79 Å². The van der Waals surface area contributed by atoms with Crippen LogP contribution >= 0.6 is 0 Å². The first-order chi connectivity index (χ1) is 4.50. The summed E-state index contributed by atoms with van der Waals surface area (Å²) >= 11 is 0. The Balaban J connectivity index is 4.08. The maximum absolute atomic E-state index is 10.7. The first kappa shape index (κ1) is 9.03. The van der Waals surface area contributed by atoms with Gasteiger partial charge in [-0.2, -0.15) is 0 Å². The van der Waals surface area contributed by atoms with Gasteiger partial charge in [-0.1, -0.05) is 13.8 Å². The molecule has 0 aromatic carbocycles. The van der Waals surface area contributed by atoms with Crippen molar-refractivity contribution in [1.29, 1.82) is 0 Å². The second-order valence-electron chi connectivity index (χ2n) is 2.85. The minimum atomic E-state index is -0.483. The molecule has 2 nitrogen and oxygen atoms in total. The number of hydrogen-bond acceptors (Lipinski definition) is 1. The first-order valence-electron chi connectivity index (χ1n) is 3.20. The van der Waals surface area contributed by atoms with Gasteiger partial charge in [0.25, 0.3) is 0 Å². The fraction of sp³-hybridized carbons (Fsp3) is 0.625. The Labute approximate surface area is 61.8 Å². The Morgan fingerprint density at radius 2 is 2.10 bits per heavy atom. The molecule has 2 N–H and O–H groups in total. The van der Waals surface area contributed by atoms with Crippen LogP contribution < -0.4 is 5.73 Å². The number of carbonyl (C=O) groups excluding carboxylic acids is 1. The van der Waals surface area contributed by atoms with Gasteiger partial charge in [-0.15, -0.1) is 11.8 Å². The highest BCUT2D eigenvalue weighted by Gasteiger charge is 2.22. The summed E-state index contributed by atoms with van der Waals surface area (Å²) in [4.78, 5) is 10.7. The van der Waals surface area contributed by atoms with Crippen LogP contribution in [0.15, 0.2) is 0 Å². The zero-order chi connectivity index (χ0) is 8.20. The topological polar surface area (TPSA) is 43.1 Å². The predicted molar refractivity (Wildman–Crippen MR) is 41.0 cm³/mol. The van der Waals surface area contributed by atoms with Crippen molar-refractivity contribution in [1.82, 2.24) is 0 Å². The molecule has 0 atom stereocenters. The molecule has 0 aromatic rings. The minimum absolute atomic E-state index is 0.296. The molecule has 0 radical (unpaired) electrons. The largest absolute Gasteiger partial charge is 0.369 e. The SMILES string of the molecule is CC#CCC(C)(C)C(N)=O. The minimum Gasteiger partial charge on any atom is -0.369 e. The van der Waals surface area contributed by atoms with E-state index >= 15 is 0 Å². The van der Waals surface area contributed by atoms with Crippen molar-refractivity contribution in [3.63, 3.8) is 0 Å². The third kappa shape index (κ3) is 2.54. The standard InChI is InChI=1S/C8H13NO/c1-4-5-6-8(2,3)7(9)10/h6H2,1-3H3,(H2,9,10). The Morgan fingerprint density at radius 3 is 2.40 bits per heavy atom. The first-order valence-corrected chi connectivity index (χ1v) is 3.20. The highest BCUT2D eigenvalue weighted by Crippen LogP contribution is 2.17. The Hall–Kier alpha value is -0.970. The summed E-state index contributed by atoms with van der Waals surface area (Å²) in [7, 11) is 0. The van der Waals surface area contributed by atoms with E-state index < -0.39 is 5.41 Å². The molecule has 0 unspecified atom stereocenters. The summed E-state index contributed by atoms with van der Waals surface area (Å²) in [5.74, 6) is 5.24. The van der Waals surface area contributed by atoms with Gasteiger partial charge in [0.1, 0.15) is 0 Å². The van der Waals surface area contributed by atoms with E-state index in [1.807, 2.05) is 0 Å². The number of rotatable bonds is 2. The van der Waals surface area contributed by atoms with Crippen molar-refractivity contribution in [3.05, 3.63) is 0 Å². The average Bonchev–Trinajstić information content (AvgIpc) is 1.84. The van der Waals surface area contributed by atoms with Gasteiger partial charge < -0.3 is 5.73 Å². The van der Waals surface area contributed by atoms with Crippen molar-refractivity contribution in [2.45, 2.75) is 27.2 Å². The molecule has 0 aliphatic rings. The van der Waals surface area contributed by atoms with Crippen molar-refractivity contribution in [2.75, 3.05) is 0 Å². The average molecular weight is 139 g/mol. The molecule has 0 heterocycles. The van der Waals surface area contributed by atoms with E-state index in [9.17, 15) is 4.79 Å². The van der Waals surface area contributed by atoms with Gasteiger partial charge in [0.15, 0.2) is 0 Å². The maximum atomic E-state index is 10.7. The smallest absolute Gasteiger partial charge is 0.224 e. The molecule has 0 saturated heterocycles. The second kappa shape index (κ2) is 3.26. The summed E-state index contributed by atoms with van der Waals surface area (Å²) in [5.41, 5.74) is 4.62. The lowest BCUT2D eigenvalue weighted by molar-refractivity contribution is -0.125. The van der Waals surface area contributed by atoms with E-state index in [4.69, 9.17) is 5.73 Å². The van der Waals surface area contributed by atoms with Crippen molar-refractivity contribution in [2.24, 2.45) is 11.1 Å². The molecule has 56 valence electrons. The van der Waals surface area contributed by atoms with Crippen LogP contribution in [0.2, 0.25) is 0 Å². The van der Waals surface area contributed by atoms with Gasteiger partial charge in [-0.3, -0.25) is 4.79 Å². The molecule has 2 heteroatoms. The van der Waals surface area contributed by atoms with Gasteiger partial charge in [0.05, 0.1) is 5.41 Å². The molecule has 0 fully saturated rings. The number of nitrogens with two attached hydrogens (primary N) is 1. The zero-order valence-electron chi connectivity index (χ0n) is 6.69. The Kier molecular flexibility index (Phi) is 2.95. The molecular formula is C8H13NO. The van der Waals surface area contributed by atoms with E-state index in [0.29, 0.717) is 6.42 Å². The van der Waals surface area contributed by atoms with E-state index in [1.54, 1.807) is 20.8 Å². The highest BCUT2D eigenvalue weighted by atomic mass is 16.1. The summed E-state index contributed by atoms with van der Waals surface area (Å²) < 4.78 is 0. The molecule has 0 aliphatic carbocycles. The van der Waals surface area contributed by atoms with Gasteiger partial charge in [-0.25, -0.2) is 0 Å². The maximum Gasteiger partial charge on any atom is 0.224 e. The fourth-order valence-corrected chi connectivity index (χ4v) is 0.396. The number of amides is 1. The molecule has 0 saturated carbocycles. The van der Waals surface area contributed by atoms with E-state index in [-0.39, 0.29) is 5.91 Å². The quantitative estimate of drug-likeness (QED) is 0.568. The molecule has 0 rings (SSSR count). The van der Waals surface area contributed by atoms with Crippen LogP contribution in [-0.2, 0) is 4.79 Å². The molecule has 0 bridgehead atoms. The summed E-state index contributed by atoms with van der Waals surface area (Å²) in [6.07, 6.45) is 0.541. The molecule has 1 amide bonds. The third-order valence-corrected chi connectivity index (χ3v) is 1.37. The molecule has 0 aliphatic heterocycles. The Morgan fingerprint density at radius 1 is 1.60 bits per heavy atom. The van der Waals surface area contributed by atoms with Crippen LogP contribution in [0.25, 0.3) is 0 Å². The van der Waals surface area contributed by atoms with E-state index in [1.165, 1.54) is 0 Å². The lowest BCUT2D eigenvalue weighted by Gasteiger charge is -2.15. The summed E-state index contributed by atoms with van der Waals surface area (Å²) in [6.45, 7) is 5.33. The number of hydrogen-bond donors (Lipinski definition) is 1. The van der Waals surface area contributed by atoms with Gasteiger partial charge in [0, 0.05) is 6.42 Å². The fourth-order valence-electron chi connectivity index (χ4n) is 0.396. The van der Waals surface area contributed by atoms with Crippen LogP contribution in [-0.4, -0.2) is 5.91 Å². The van der Waals surface area contributed by atoms with Crippen LogP contribution in [0.5, 0.6) is 0 Å².